The molecule has 0 saturated heterocycles. The van der Waals surface area contributed by atoms with Crippen LogP contribution in [0.25, 0.3) is 0 Å². The van der Waals surface area contributed by atoms with Gasteiger partial charge in [0.15, 0.2) is 0 Å². The molecule has 2 rings (SSSR count). The van der Waals surface area contributed by atoms with Crippen LogP contribution in [-0.4, -0.2) is 11.6 Å². The van der Waals surface area contributed by atoms with Crippen molar-refractivity contribution in [2.45, 2.75) is 12.4 Å². The van der Waals surface area contributed by atoms with Gasteiger partial charge in [-0.2, -0.15) is 26.3 Å². The number of halogens is 6. The lowest BCUT2D eigenvalue weighted by Crippen LogP contribution is -2.24. The smallest absolute Gasteiger partial charge is 0.285 e. The summed E-state index contributed by atoms with van der Waals surface area (Å²) in [4.78, 5) is 24.1. The molecule has 126 valence electrons. The van der Waals surface area contributed by atoms with Crippen LogP contribution >= 0.6 is 0 Å². The fourth-order valence-corrected chi connectivity index (χ4v) is 2.13. The van der Waals surface area contributed by atoms with Crippen molar-refractivity contribution in [3.8, 4) is 0 Å². The number of alkyl halides is 6. The van der Waals surface area contributed by atoms with Gasteiger partial charge in [-0.3, -0.25) is 9.59 Å². The molecule has 0 aromatic heterocycles. The zero-order chi connectivity index (χ0) is 18.1. The third-order valence-electron chi connectivity index (χ3n) is 3.14. The van der Waals surface area contributed by atoms with Crippen molar-refractivity contribution in [1.82, 2.24) is 0 Å². The molecular formula is C16H8F6O2. The van der Waals surface area contributed by atoms with Gasteiger partial charge in [-0.05, 0) is 6.07 Å². The number of benzene rings is 2. The molecule has 0 aliphatic rings. The van der Waals surface area contributed by atoms with Crippen LogP contribution in [0.15, 0.2) is 48.5 Å². The second-order valence-electron chi connectivity index (χ2n) is 4.75. The van der Waals surface area contributed by atoms with Crippen LogP contribution in [-0.2, 0) is 12.4 Å². The number of rotatable bonds is 3. The van der Waals surface area contributed by atoms with Gasteiger partial charge in [-0.15, -0.1) is 0 Å². The molecule has 0 N–H and O–H groups in total. The quantitative estimate of drug-likeness (QED) is 0.455. The van der Waals surface area contributed by atoms with Crippen LogP contribution in [0.2, 0.25) is 0 Å². The minimum absolute atomic E-state index is 0.215. The number of hydrogen-bond acceptors (Lipinski definition) is 2. The van der Waals surface area contributed by atoms with Gasteiger partial charge in [-0.1, -0.05) is 42.5 Å². The first-order valence-corrected chi connectivity index (χ1v) is 6.45. The summed E-state index contributed by atoms with van der Waals surface area (Å²) in [5, 5.41) is 0. The first-order chi connectivity index (χ1) is 11.0. The molecule has 2 aromatic rings. The molecule has 2 nitrogen and oxygen atoms in total. The van der Waals surface area contributed by atoms with Gasteiger partial charge in [-0.25, -0.2) is 0 Å². The van der Waals surface area contributed by atoms with Crippen molar-refractivity contribution in [2.75, 3.05) is 0 Å². The Labute approximate surface area is 131 Å². The van der Waals surface area contributed by atoms with Gasteiger partial charge < -0.3 is 0 Å². The van der Waals surface area contributed by atoms with E-state index >= 15 is 0 Å². The fourth-order valence-electron chi connectivity index (χ4n) is 2.13. The van der Waals surface area contributed by atoms with Crippen molar-refractivity contribution < 1.29 is 35.9 Å². The summed E-state index contributed by atoms with van der Waals surface area (Å²) in [7, 11) is 0. The van der Waals surface area contributed by atoms with E-state index in [9.17, 15) is 35.9 Å². The average Bonchev–Trinajstić information content (AvgIpc) is 2.52. The summed E-state index contributed by atoms with van der Waals surface area (Å²) in [6.07, 6.45) is -10.8. The van der Waals surface area contributed by atoms with Gasteiger partial charge in [0.25, 0.3) is 0 Å². The van der Waals surface area contributed by atoms with E-state index in [-0.39, 0.29) is 11.6 Å². The molecule has 0 fully saturated rings. The first-order valence-electron chi connectivity index (χ1n) is 6.45. The molecule has 0 spiro atoms. The van der Waals surface area contributed by atoms with E-state index in [1.54, 1.807) is 0 Å². The van der Waals surface area contributed by atoms with Crippen molar-refractivity contribution in [2.24, 2.45) is 0 Å². The monoisotopic (exact) mass is 346 g/mol. The minimum atomic E-state index is -5.45. The maximum Gasteiger partial charge on any atom is 0.417 e. The maximum absolute atomic E-state index is 13.1. The normalized spacial score (nSPS) is 12.1. The van der Waals surface area contributed by atoms with Gasteiger partial charge in [0.2, 0.25) is 11.6 Å². The second kappa shape index (κ2) is 6.10. The van der Waals surface area contributed by atoms with Crippen LogP contribution in [0.4, 0.5) is 26.3 Å². The lowest BCUT2D eigenvalue weighted by Gasteiger charge is -2.18. The summed E-state index contributed by atoms with van der Waals surface area (Å²) in [6, 6.07) is 8.04. The maximum atomic E-state index is 13.1. The van der Waals surface area contributed by atoms with Gasteiger partial charge in [0, 0.05) is 11.1 Å². The fraction of sp³-hybridized carbons (Fsp3) is 0.125. The standard InChI is InChI=1S/C16H8F6O2/c17-15(18,19)11-8-4-7-10(12(11)16(20,21)22)14(24)13(23)9-5-2-1-3-6-9/h1-8H. The zero-order valence-corrected chi connectivity index (χ0v) is 11.7. The second-order valence-corrected chi connectivity index (χ2v) is 4.75. The molecule has 2 aromatic carbocycles. The molecule has 0 unspecified atom stereocenters. The number of hydrogen-bond donors (Lipinski definition) is 0. The largest absolute Gasteiger partial charge is 0.417 e. The highest BCUT2D eigenvalue weighted by Gasteiger charge is 2.46. The third-order valence-corrected chi connectivity index (χ3v) is 3.14. The van der Waals surface area contributed by atoms with E-state index in [1.165, 1.54) is 30.3 Å². The molecule has 8 heteroatoms. The van der Waals surface area contributed by atoms with E-state index in [0.29, 0.717) is 12.1 Å². The molecule has 0 aliphatic carbocycles. The van der Waals surface area contributed by atoms with E-state index in [0.717, 1.165) is 0 Å². The summed E-state index contributed by atoms with van der Waals surface area (Å²) < 4.78 is 77.9. The number of Topliss-reactive ketones (excluding diaryl/α,β-unsaturated/α-hetero) is 2. The minimum Gasteiger partial charge on any atom is -0.285 e. The Kier molecular flexibility index (Phi) is 4.50. The molecule has 0 bridgehead atoms. The summed E-state index contributed by atoms with van der Waals surface area (Å²) in [6.45, 7) is 0. The molecule has 0 atom stereocenters. The Balaban J connectivity index is 2.63. The molecule has 0 radical (unpaired) electrons. The highest BCUT2D eigenvalue weighted by Crippen LogP contribution is 2.42. The Morgan fingerprint density at radius 2 is 1.25 bits per heavy atom. The van der Waals surface area contributed by atoms with E-state index in [2.05, 4.69) is 0 Å². The van der Waals surface area contributed by atoms with Crippen molar-refractivity contribution in [1.29, 1.82) is 0 Å². The SMILES string of the molecule is O=C(C(=O)c1cccc(C(F)(F)F)c1C(F)(F)F)c1ccccc1. The van der Waals surface area contributed by atoms with Crippen molar-refractivity contribution in [3.63, 3.8) is 0 Å². The number of ketones is 2. The first kappa shape index (κ1) is 17.7. The predicted octanol–water partition coefficient (Wildman–Crippen LogP) is 4.79. The van der Waals surface area contributed by atoms with Gasteiger partial charge >= 0.3 is 12.4 Å². The van der Waals surface area contributed by atoms with Crippen molar-refractivity contribution in [3.05, 3.63) is 70.8 Å². The number of carbonyl (C=O) groups excluding carboxylic acids is 2. The molecule has 24 heavy (non-hydrogen) atoms. The van der Waals surface area contributed by atoms with Crippen molar-refractivity contribution >= 4 is 11.6 Å². The Morgan fingerprint density at radius 3 is 1.75 bits per heavy atom. The topological polar surface area (TPSA) is 34.1 Å². The Hall–Kier alpha value is -2.64. The average molecular weight is 346 g/mol. The zero-order valence-electron chi connectivity index (χ0n) is 11.7. The molecule has 0 heterocycles. The van der Waals surface area contributed by atoms with Gasteiger partial charge in [0.1, 0.15) is 0 Å². The molecule has 0 amide bonds. The summed E-state index contributed by atoms with van der Waals surface area (Å²) in [5.41, 5.74) is -5.72. The molecular weight excluding hydrogens is 338 g/mol. The highest BCUT2D eigenvalue weighted by molar-refractivity contribution is 6.49. The van der Waals surface area contributed by atoms with Crippen LogP contribution in [0.1, 0.15) is 31.8 Å². The summed E-state index contributed by atoms with van der Waals surface area (Å²) in [5.74, 6) is -2.97. The predicted molar refractivity (Wildman–Crippen MR) is 71.5 cm³/mol. The van der Waals surface area contributed by atoms with Gasteiger partial charge in [0.05, 0.1) is 11.1 Å². The lowest BCUT2D eigenvalue weighted by atomic mass is 9.93. The van der Waals surface area contributed by atoms with E-state index in [4.69, 9.17) is 0 Å². The van der Waals surface area contributed by atoms with Crippen LogP contribution in [0.3, 0.4) is 0 Å². The van der Waals surface area contributed by atoms with E-state index < -0.39 is 40.6 Å². The van der Waals surface area contributed by atoms with Crippen LogP contribution in [0.5, 0.6) is 0 Å². The summed E-state index contributed by atoms with van der Waals surface area (Å²) >= 11 is 0. The molecule has 0 saturated carbocycles. The lowest BCUT2D eigenvalue weighted by molar-refractivity contribution is -0.162. The number of carbonyl (C=O) groups is 2. The molecule has 0 aliphatic heterocycles. The van der Waals surface area contributed by atoms with Crippen LogP contribution in [0, 0.1) is 0 Å². The van der Waals surface area contributed by atoms with E-state index in [1.807, 2.05) is 0 Å². The van der Waals surface area contributed by atoms with Crippen LogP contribution < -0.4 is 0 Å². The Bertz CT molecular complexity index is 775. The third kappa shape index (κ3) is 3.47. The highest BCUT2D eigenvalue weighted by atomic mass is 19.4. The Morgan fingerprint density at radius 1 is 0.667 bits per heavy atom.